The van der Waals surface area contributed by atoms with Crippen molar-refractivity contribution >= 4 is 279 Å². The molecule has 0 atom stereocenters. The van der Waals surface area contributed by atoms with Crippen LogP contribution in [0.4, 0.5) is 0 Å². The topological polar surface area (TPSA) is 299 Å². The Balaban J connectivity index is -0.000000421. The van der Waals surface area contributed by atoms with Crippen LogP contribution < -0.4 is 0 Å². The van der Waals surface area contributed by atoms with Gasteiger partial charge in [0.15, 0.2) is 0 Å². The van der Waals surface area contributed by atoms with E-state index in [0.29, 0.717) is 123 Å². The zero-order chi connectivity index (χ0) is 93.6. The number of esters is 6. The Kier molecular flexibility index (Phi) is 94.2. The van der Waals surface area contributed by atoms with E-state index in [0.717, 1.165) is 95.2 Å². The van der Waals surface area contributed by atoms with E-state index in [4.69, 9.17) is 23.7 Å². The average Bonchev–Trinajstić information content (AvgIpc) is 0.897. The number of hydrogen-bond donors (Lipinski definition) is 12. The highest BCUT2D eigenvalue weighted by Gasteiger charge is 2.05. The van der Waals surface area contributed by atoms with Gasteiger partial charge < -0.3 is 56.8 Å². The van der Waals surface area contributed by atoms with Gasteiger partial charge in [-0.05, 0) is 95.1 Å². The van der Waals surface area contributed by atoms with E-state index < -0.39 is 0 Å². The monoisotopic (exact) mass is 2060 g/mol. The molecule has 0 saturated heterocycles. The first kappa shape index (κ1) is 127. The molecule has 0 aromatic heterocycles. The first-order chi connectivity index (χ1) is 59.6. The van der Waals surface area contributed by atoms with Crippen LogP contribution in [0.5, 0.6) is 0 Å². The lowest BCUT2D eigenvalue weighted by Crippen LogP contribution is -2.01. The predicted octanol–water partition coefficient (Wildman–Crippen LogP) is 21.4. The largest absolute Gasteiger partial charge is 0.497 e. The van der Waals surface area contributed by atoms with Gasteiger partial charge in [0.2, 0.25) is 0 Å². The fourth-order valence-electron chi connectivity index (χ4n) is 7.08. The summed E-state index contributed by atoms with van der Waals surface area (Å²) in [7, 11) is 8.23. The zero-order valence-electron chi connectivity index (χ0n) is 68.2. The molecule has 125 heavy (non-hydrogen) atoms. The minimum absolute atomic E-state index is 0. The van der Waals surface area contributed by atoms with Crippen LogP contribution in [0, 0.1) is 0 Å². The maximum atomic E-state index is 10.6. The fourth-order valence-corrected chi connectivity index (χ4v) is 11.9. The zero-order valence-corrected chi connectivity index (χ0v) is 83.8. The van der Waals surface area contributed by atoms with Crippen LogP contribution in [0.3, 0.4) is 0 Å². The van der Waals surface area contributed by atoms with Gasteiger partial charge in [-0.15, -0.1) is 120 Å². The Hall–Kier alpha value is -6.23. The smallest absolute Gasteiger partial charge is 0.302 e. The molecular weight excluding hydrogens is 1950 g/mol. The van der Waals surface area contributed by atoms with E-state index in [1.54, 1.807) is 0 Å². The van der Waals surface area contributed by atoms with Crippen molar-refractivity contribution < 1.29 is 110 Å². The second kappa shape index (κ2) is 92.5. The maximum Gasteiger partial charge on any atom is 0.302 e. The van der Waals surface area contributed by atoms with E-state index in [1.807, 2.05) is 194 Å². The number of rotatable bonds is 36. The van der Waals surface area contributed by atoms with E-state index in [9.17, 15) is 52.7 Å². The van der Waals surface area contributed by atoms with Crippen LogP contribution in [0.2, 0.25) is 0 Å². The van der Waals surface area contributed by atoms with Gasteiger partial charge in [-0.2, -0.15) is 25.3 Å². The molecule has 8 rings (SSSR count). The summed E-state index contributed by atoms with van der Waals surface area (Å²) in [5, 5.41) is 0. The summed E-state index contributed by atoms with van der Waals surface area (Å²) >= 11 is 48.2. The lowest BCUT2D eigenvalue weighted by atomic mass is 10.2. The fraction of sp³-hybridized carbons (Fsp3) is 0.274. The molecule has 0 aliphatic heterocycles. The maximum absolute atomic E-state index is 10.6. The SMILES string of the molecule is C.C=COCc1ccc(SS)cc1.CC(=O)OCCS.CC(=O)OCCSS.CC(=O)OCc1ccc(S)cc1.CC(=O)OCc1ccc(SS)cc1.CC(=O)OCc1ccccc1S.CC(=O)OCc1ccccc1SS.O=COCCS.O=COCCSS.O=COCc1ccc(S)cc1.O=COCc1ccccc1S.O=COCc1ccccc1SS. The highest BCUT2D eigenvalue weighted by atomic mass is 33.1. The number of hydrogen-bond acceptors (Lipinski definition) is 41. The molecule has 0 unspecified atom stereocenters. The molecule has 0 fully saturated rings. The normalized spacial score (nSPS) is 9.10. The van der Waals surface area contributed by atoms with Crippen molar-refractivity contribution in [1.29, 1.82) is 0 Å². The summed E-state index contributed by atoms with van der Waals surface area (Å²) in [5.74, 6) is 1.17. The molecule has 23 nitrogen and oxygen atoms in total. The van der Waals surface area contributed by atoms with E-state index in [-0.39, 0.29) is 43.2 Å². The van der Waals surface area contributed by atoms with Gasteiger partial charge in [-0.25, -0.2) is 0 Å². The van der Waals surface area contributed by atoms with Gasteiger partial charge in [0.1, 0.15) is 72.7 Å². The summed E-state index contributed by atoms with van der Waals surface area (Å²) in [6.45, 7) is 18.5. The summed E-state index contributed by atoms with van der Waals surface area (Å²) < 4.78 is 55.7. The molecule has 0 N–H and O–H groups in total. The third-order valence-corrected chi connectivity index (χ3v) is 20.8. The lowest BCUT2D eigenvalue weighted by Gasteiger charge is -2.05. The first-order valence-electron chi connectivity index (χ1n) is 35.4. The quantitative estimate of drug-likeness (QED) is 0.00330. The molecular formula is C84H106O23S18. The van der Waals surface area contributed by atoms with Crippen molar-refractivity contribution in [3.05, 3.63) is 251 Å². The van der Waals surface area contributed by atoms with Gasteiger partial charge in [0.25, 0.3) is 32.4 Å². The van der Waals surface area contributed by atoms with Gasteiger partial charge in [-0.1, -0.05) is 200 Å². The standard InChI is InChI=1S/2C9H10O2S2.2C9H10O2S.C9H10OS2.C8H8O2S2.2C8H8O2S.C4H8O2S2.C4H8O2S.C3H6O2S2.C3H6O2S.CH4/c1-7(10)11-6-8-2-4-9(13-12)5-3-8;1-7(10)11-6-8-4-2-3-5-9(8)13-12;1-7(10)11-6-8-2-4-9(12)5-3-8;1-7(10)11-6-8-4-2-3-5-9(8)12;1-2-10-7-8-3-5-9(12-11)6-4-8;9-6-10-5-7-3-1-2-4-8(7)12-11;9-6-10-5-7-1-3-8(11)4-2-7;9-6-10-5-7-3-1-2-4-8(7)11;1-4(5)6-2-3-8-7;1-4(5)6-2-3-7;4-3-5-1-2-7-6;4-3-5-1-2-6;/h2*2-5,12H,6H2,1H3;2*2-5,12H,6H2,1H3;2-6,11H,1,7H2;1-4,6,11H,5H2;2*1-4,6,11H,5H2;7H,2-3H2,1H3;7H,2-3H2,1H3;3,6H,1-2H2;3,6H,1-2H2;1H4. The van der Waals surface area contributed by atoms with Gasteiger partial charge >= 0.3 is 35.8 Å². The minimum atomic E-state index is -0.272. The summed E-state index contributed by atoms with van der Waals surface area (Å²) in [6, 6.07) is 61.1. The number of ether oxygens (including phenoxy) is 12. The van der Waals surface area contributed by atoms with Crippen molar-refractivity contribution in [1.82, 2.24) is 0 Å². The van der Waals surface area contributed by atoms with E-state index in [2.05, 4.69) is 185 Å². The van der Waals surface area contributed by atoms with Crippen LogP contribution >= 0.6 is 211 Å². The Morgan fingerprint density at radius 2 is 0.584 bits per heavy atom. The van der Waals surface area contributed by atoms with Crippen molar-refractivity contribution in [2.45, 2.75) is 141 Å². The van der Waals surface area contributed by atoms with E-state index >= 15 is 0 Å². The summed E-state index contributed by atoms with van der Waals surface area (Å²) in [5.41, 5.74) is 7.88. The van der Waals surface area contributed by atoms with Gasteiger partial charge in [-0.3, -0.25) is 52.7 Å². The molecule has 688 valence electrons. The molecule has 0 amide bonds. The number of benzene rings is 8. The second-order valence-electron chi connectivity index (χ2n) is 22.0. The molecule has 0 radical (unpaired) electrons. The molecule has 41 heteroatoms. The highest BCUT2D eigenvalue weighted by molar-refractivity contribution is 8.69. The van der Waals surface area contributed by atoms with Crippen LogP contribution in [0.1, 0.15) is 93.5 Å². The first-order valence-corrected chi connectivity index (χ1v) is 50.0. The number of carbonyl (C=O) groups is 11. The summed E-state index contributed by atoms with van der Waals surface area (Å²) in [4.78, 5) is 118. The van der Waals surface area contributed by atoms with Crippen LogP contribution in [-0.4, -0.2) is 118 Å². The number of carbonyl (C=O) groups excluding carboxylic acids is 11. The molecule has 8 aromatic rings. The van der Waals surface area contributed by atoms with Crippen molar-refractivity contribution in [3.63, 3.8) is 0 Å². The van der Waals surface area contributed by atoms with Gasteiger partial charge in [0.05, 0.1) is 12.9 Å². The highest BCUT2D eigenvalue weighted by Crippen LogP contribution is 2.28. The summed E-state index contributed by atoms with van der Waals surface area (Å²) in [6.07, 6.45) is 1.45. The van der Waals surface area contributed by atoms with Crippen LogP contribution in [0.15, 0.2) is 246 Å². The Bertz CT molecular complexity index is 4130. The van der Waals surface area contributed by atoms with Crippen molar-refractivity contribution in [3.8, 4) is 0 Å². The third-order valence-electron chi connectivity index (χ3n) is 12.6. The minimum Gasteiger partial charge on any atom is -0.497 e. The Morgan fingerprint density at radius 1 is 0.304 bits per heavy atom. The van der Waals surface area contributed by atoms with E-state index in [1.165, 1.54) is 113 Å². The second-order valence-corrected chi connectivity index (χ2v) is 32.5. The van der Waals surface area contributed by atoms with Crippen LogP contribution in [0.25, 0.3) is 0 Å². The Morgan fingerprint density at radius 3 is 0.904 bits per heavy atom. The third kappa shape index (κ3) is 83.2. The van der Waals surface area contributed by atoms with Crippen LogP contribution in [-0.2, 0) is 162 Å². The Labute approximate surface area is 821 Å². The van der Waals surface area contributed by atoms with Crippen molar-refractivity contribution in [2.24, 2.45) is 0 Å². The molecule has 0 aliphatic carbocycles. The molecule has 0 aliphatic rings. The number of thiol groups is 12. The molecule has 0 saturated carbocycles. The lowest BCUT2D eigenvalue weighted by molar-refractivity contribution is -0.143. The average molecular weight is 2060 g/mol. The van der Waals surface area contributed by atoms with Gasteiger partial charge in [0, 0.05) is 126 Å². The molecule has 0 bridgehead atoms. The van der Waals surface area contributed by atoms with Crippen molar-refractivity contribution in [2.75, 3.05) is 49.4 Å². The predicted molar refractivity (Wildman–Crippen MR) is 544 cm³/mol. The molecule has 0 spiro atoms. The molecule has 8 aromatic carbocycles. The molecule has 0 heterocycles.